The fourth-order valence-corrected chi connectivity index (χ4v) is 6.72. The van der Waals surface area contributed by atoms with E-state index in [-0.39, 0.29) is 48.5 Å². The van der Waals surface area contributed by atoms with Crippen molar-refractivity contribution in [3.05, 3.63) is 29.8 Å². The SMILES string of the molecule is C[C@@]1(NC(=O)CN2CC[C@]3(CCC2=O)CC(=O)c2ccccc2O3)CCS(=O)(=O)C1. The van der Waals surface area contributed by atoms with Crippen LogP contribution >= 0.6 is 0 Å². The number of para-hydroxylation sites is 1. The second kappa shape index (κ2) is 7.37. The highest BCUT2D eigenvalue weighted by molar-refractivity contribution is 7.91. The summed E-state index contributed by atoms with van der Waals surface area (Å²) in [7, 11) is -3.14. The number of nitrogens with one attached hydrogen (secondary N) is 1. The Labute approximate surface area is 175 Å². The van der Waals surface area contributed by atoms with Gasteiger partial charge in [-0.3, -0.25) is 14.4 Å². The molecule has 8 nitrogen and oxygen atoms in total. The summed E-state index contributed by atoms with van der Waals surface area (Å²) in [6.07, 6.45) is 1.65. The Morgan fingerprint density at radius 1 is 1.20 bits per heavy atom. The van der Waals surface area contributed by atoms with Crippen LogP contribution in [-0.4, -0.2) is 66.7 Å². The summed E-state index contributed by atoms with van der Waals surface area (Å²) >= 11 is 0. The Hall–Kier alpha value is -2.42. The van der Waals surface area contributed by atoms with Crippen LogP contribution in [0, 0.1) is 0 Å². The van der Waals surface area contributed by atoms with E-state index in [1.54, 1.807) is 25.1 Å². The van der Waals surface area contributed by atoms with Crippen LogP contribution in [0.15, 0.2) is 24.3 Å². The predicted molar refractivity (Wildman–Crippen MR) is 109 cm³/mol. The van der Waals surface area contributed by atoms with Gasteiger partial charge in [0, 0.05) is 19.4 Å². The number of hydrogen-bond acceptors (Lipinski definition) is 6. The minimum atomic E-state index is -3.14. The molecule has 0 radical (unpaired) electrons. The molecule has 1 spiro atoms. The van der Waals surface area contributed by atoms with Crippen LogP contribution in [0.1, 0.15) is 49.4 Å². The number of carbonyl (C=O) groups excluding carboxylic acids is 3. The van der Waals surface area contributed by atoms with Gasteiger partial charge < -0.3 is 15.0 Å². The lowest BCUT2D eigenvalue weighted by Crippen LogP contribution is -2.51. The number of benzene rings is 1. The van der Waals surface area contributed by atoms with Crippen molar-refractivity contribution in [2.75, 3.05) is 24.6 Å². The molecule has 1 aromatic carbocycles. The molecule has 2 amide bonds. The first-order valence-corrected chi connectivity index (χ1v) is 12.0. The van der Waals surface area contributed by atoms with Gasteiger partial charge in [-0.15, -0.1) is 0 Å². The highest BCUT2D eigenvalue weighted by atomic mass is 32.2. The van der Waals surface area contributed by atoms with Gasteiger partial charge in [0.1, 0.15) is 11.4 Å². The van der Waals surface area contributed by atoms with Gasteiger partial charge in [-0.25, -0.2) is 8.42 Å². The Morgan fingerprint density at radius 2 is 1.97 bits per heavy atom. The average Bonchev–Trinajstić information content (AvgIpc) is 2.87. The summed E-state index contributed by atoms with van der Waals surface area (Å²) in [4.78, 5) is 39.3. The Kier molecular flexibility index (Phi) is 5.12. The van der Waals surface area contributed by atoms with Crippen molar-refractivity contribution in [1.82, 2.24) is 10.2 Å². The van der Waals surface area contributed by atoms with Crippen LogP contribution in [0.5, 0.6) is 5.75 Å². The van der Waals surface area contributed by atoms with Gasteiger partial charge in [0.25, 0.3) is 0 Å². The number of ketones is 1. The largest absolute Gasteiger partial charge is 0.486 e. The Morgan fingerprint density at radius 3 is 2.70 bits per heavy atom. The first-order chi connectivity index (χ1) is 14.1. The molecule has 1 aromatic rings. The number of fused-ring (bicyclic) bond motifs is 1. The molecule has 3 aliphatic heterocycles. The number of rotatable bonds is 3. The molecule has 2 fully saturated rings. The molecule has 30 heavy (non-hydrogen) atoms. The molecule has 0 saturated carbocycles. The van der Waals surface area contributed by atoms with E-state index < -0.39 is 21.0 Å². The third-order valence-electron chi connectivity index (χ3n) is 6.26. The maximum atomic E-state index is 12.6. The van der Waals surface area contributed by atoms with Gasteiger partial charge in [0.15, 0.2) is 15.6 Å². The zero-order valence-corrected chi connectivity index (χ0v) is 17.8. The molecule has 0 aromatic heterocycles. The van der Waals surface area contributed by atoms with Crippen LogP contribution in [0.4, 0.5) is 0 Å². The molecule has 0 aliphatic carbocycles. The summed E-state index contributed by atoms with van der Waals surface area (Å²) < 4.78 is 29.7. The monoisotopic (exact) mass is 434 g/mol. The average molecular weight is 435 g/mol. The molecule has 0 unspecified atom stereocenters. The highest BCUT2D eigenvalue weighted by Crippen LogP contribution is 2.39. The Balaban J connectivity index is 1.41. The number of Topliss-reactive ketones (excluding diaryl/α,β-unsaturated/α-hetero) is 1. The first kappa shape index (κ1) is 20.8. The number of nitrogens with zero attached hydrogens (tertiary/aromatic N) is 1. The van der Waals surface area contributed by atoms with Gasteiger partial charge in [-0.1, -0.05) is 12.1 Å². The van der Waals surface area contributed by atoms with Gasteiger partial charge in [-0.2, -0.15) is 0 Å². The lowest BCUT2D eigenvalue weighted by molar-refractivity contribution is -0.136. The second-order valence-corrected chi connectivity index (χ2v) is 11.1. The third kappa shape index (κ3) is 4.21. The standard InChI is InChI=1S/C21H26N2O6S/c1-20(9-11-30(27,28)14-20)22-18(25)13-23-10-8-21(7-6-19(23)26)12-16(24)15-4-2-3-5-17(15)29-21/h2-5H,6-14H2,1H3,(H,22,25)/t20-,21-/m1/s1. The number of sulfone groups is 1. The number of amides is 2. The van der Waals surface area contributed by atoms with E-state index in [9.17, 15) is 22.8 Å². The van der Waals surface area contributed by atoms with Gasteiger partial charge in [-0.05, 0) is 31.9 Å². The van der Waals surface area contributed by atoms with Crippen LogP contribution in [0.2, 0.25) is 0 Å². The molecule has 2 atom stereocenters. The van der Waals surface area contributed by atoms with Crippen molar-refractivity contribution in [3.63, 3.8) is 0 Å². The normalized spacial score (nSPS) is 30.5. The van der Waals surface area contributed by atoms with E-state index in [4.69, 9.17) is 4.74 Å². The van der Waals surface area contributed by atoms with E-state index in [1.165, 1.54) is 4.90 Å². The number of ether oxygens (including phenoxy) is 1. The van der Waals surface area contributed by atoms with Crippen LogP contribution in [0.3, 0.4) is 0 Å². The zero-order chi connectivity index (χ0) is 21.6. The summed E-state index contributed by atoms with van der Waals surface area (Å²) in [6, 6.07) is 7.12. The van der Waals surface area contributed by atoms with Crippen molar-refractivity contribution in [2.24, 2.45) is 0 Å². The summed E-state index contributed by atoms with van der Waals surface area (Å²) in [5, 5.41) is 2.79. The lowest BCUT2D eigenvalue weighted by Gasteiger charge is -2.37. The van der Waals surface area contributed by atoms with Gasteiger partial charge >= 0.3 is 0 Å². The number of likely N-dealkylation sites (tertiary alicyclic amines) is 1. The molecule has 162 valence electrons. The van der Waals surface area contributed by atoms with Crippen molar-refractivity contribution in [3.8, 4) is 5.75 Å². The maximum absolute atomic E-state index is 12.6. The lowest BCUT2D eigenvalue weighted by atomic mass is 9.84. The van der Waals surface area contributed by atoms with Crippen LogP contribution in [-0.2, 0) is 19.4 Å². The van der Waals surface area contributed by atoms with E-state index >= 15 is 0 Å². The van der Waals surface area contributed by atoms with Gasteiger partial charge in [0.2, 0.25) is 11.8 Å². The van der Waals surface area contributed by atoms with Crippen molar-refractivity contribution in [2.45, 2.75) is 50.2 Å². The summed E-state index contributed by atoms with van der Waals surface area (Å²) in [5.41, 5.74) is -0.971. The topological polar surface area (TPSA) is 110 Å². The fourth-order valence-electron chi connectivity index (χ4n) is 4.63. The van der Waals surface area contributed by atoms with E-state index in [0.29, 0.717) is 37.1 Å². The number of carbonyl (C=O) groups is 3. The Bertz CT molecular complexity index is 1010. The first-order valence-electron chi connectivity index (χ1n) is 10.2. The van der Waals surface area contributed by atoms with Crippen LogP contribution < -0.4 is 10.1 Å². The van der Waals surface area contributed by atoms with Crippen molar-refractivity contribution in [1.29, 1.82) is 0 Å². The summed E-state index contributed by atoms with van der Waals surface area (Å²) in [5.74, 6) is -0.0143. The minimum absolute atomic E-state index is 0.00543. The molecule has 9 heteroatoms. The van der Waals surface area contributed by atoms with E-state index in [0.717, 1.165) is 0 Å². The van der Waals surface area contributed by atoms with E-state index in [2.05, 4.69) is 5.32 Å². The molecule has 3 aliphatic rings. The van der Waals surface area contributed by atoms with Crippen molar-refractivity contribution >= 4 is 27.4 Å². The third-order valence-corrected chi connectivity index (χ3v) is 8.16. The minimum Gasteiger partial charge on any atom is -0.486 e. The zero-order valence-electron chi connectivity index (χ0n) is 17.0. The smallest absolute Gasteiger partial charge is 0.240 e. The molecular weight excluding hydrogens is 408 g/mol. The highest BCUT2D eigenvalue weighted by Gasteiger charge is 2.44. The number of hydrogen-bond donors (Lipinski definition) is 1. The van der Waals surface area contributed by atoms with E-state index in [1.807, 2.05) is 6.07 Å². The quantitative estimate of drug-likeness (QED) is 0.763. The van der Waals surface area contributed by atoms with Crippen LogP contribution in [0.25, 0.3) is 0 Å². The molecule has 2 saturated heterocycles. The maximum Gasteiger partial charge on any atom is 0.240 e. The molecule has 3 heterocycles. The molecule has 0 bridgehead atoms. The fraction of sp³-hybridized carbons (Fsp3) is 0.571. The molecule has 4 rings (SSSR count). The van der Waals surface area contributed by atoms with Gasteiger partial charge in [0.05, 0.1) is 35.6 Å². The molecular formula is C21H26N2O6S. The summed E-state index contributed by atoms with van der Waals surface area (Å²) in [6.45, 7) is 1.89. The van der Waals surface area contributed by atoms with Crippen molar-refractivity contribution < 1.29 is 27.5 Å². The predicted octanol–water partition coefficient (Wildman–Crippen LogP) is 1.10. The molecule has 1 N–H and O–H groups in total. The second-order valence-electron chi connectivity index (χ2n) is 8.90.